The van der Waals surface area contributed by atoms with E-state index in [9.17, 15) is 0 Å². The largest absolute Gasteiger partial charge is 0.461 e. The topological polar surface area (TPSA) is 51.5 Å². The number of hydrogen-bond acceptors (Lipinski definition) is 2. The number of fused-ring (bicyclic) bond motifs is 5. The smallest absolute Gasteiger partial charge is 0.134 e. The lowest BCUT2D eigenvalue weighted by Gasteiger charge is -2.19. The summed E-state index contributed by atoms with van der Waals surface area (Å²) in [5.74, 6) is 1.35. The molecule has 0 aliphatic heterocycles. The summed E-state index contributed by atoms with van der Waals surface area (Å²) in [5, 5.41) is 8.50. The first-order valence-corrected chi connectivity index (χ1v) is 17.3. The van der Waals surface area contributed by atoms with Crippen LogP contribution in [0.3, 0.4) is 0 Å². The SMILES string of the molecule is NC(=N/C(=C\Cc1cc2ccccc2o1)c1ccc(-c2c3ccccc3c(-c3ccccc3)c3ccc4ccccc4c23)cc1)c1ccccc1. The quantitative estimate of drug-likeness (QED) is 0.0805. The van der Waals surface area contributed by atoms with Gasteiger partial charge >= 0.3 is 0 Å². The zero-order valence-electron chi connectivity index (χ0n) is 28.0. The molecule has 0 radical (unpaired) electrons. The second-order valence-electron chi connectivity index (χ2n) is 12.9. The van der Waals surface area contributed by atoms with Gasteiger partial charge in [-0.25, -0.2) is 4.99 Å². The summed E-state index contributed by atoms with van der Waals surface area (Å²) in [5.41, 5.74) is 15.0. The van der Waals surface area contributed by atoms with E-state index in [1.54, 1.807) is 0 Å². The molecule has 0 aliphatic rings. The second kappa shape index (κ2) is 13.0. The van der Waals surface area contributed by atoms with Crippen LogP contribution < -0.4 is 5.73 Å². The van der Waals surface area contributed by atoms with Gasteiger partial charge in [0.15, 0.2) is 0 Å². The van der Waals surface area contributed by atoms with Gasteiger partial charge in [0, 0.05) is 17.4 Å². The van der Waals surface area contributed by atoms with Crippen LogP contribution in [0, 0.1) is 0 Å². The highest BCUT2D eigenvalue weighted by Crippen LogP contribution is 2.46. The van der Waals surface area contributed by atoms with Gasteiger partial charge in [-0.15, -0.1) is 0 Å². The van der Waals surface area contributed by atoms with Gasteiger partial charge in [0.2, 0.25) is 0 Å². The molecule has 0 aliphatic carbocycles. The summed E-state index contributed by atoms with van der Waals surface area (Å²) in [7, 11) is 0. The monoisotopic (exact) mass is 654 g/mol. The van der Waals surface area contributed by atoms with E-state index in [4.69, 9.17) is 15.1 Å². The van der Waals surface area contributed by atoms with Crippen LogP contribution in [-0.2, 0) is 6.42 Å². The third-order valence-corrected chi connectivity index (χ3v) is 9.73. The Hall–Kier alpha value is -6.71. The van der Waals surface area contributed by atoms with Gasteiger partial charge < -0.3 is 10.2 Å². The normalized spacial score (nSPS) is 12.3. The zero-order valence-corrected chi connectivity index (χ0v) is 28.0. The molecule has 0 atom stereocenters. The van der Waals surface area contributed by atoms with Crippen molar-refractivity contribution in [2.75, 3.05) is 0 Å². The van der Waals surface area contributed by atoms with Crippen molar-refractivity contribution in [3.63, 3.8) is 0 Å². The molecule has 1 heterocycles. The predicted octanol–water partition coefficient (Wildman–Crippen LogP) is 12.2. The van der Waals surface area contributed by atoms with Crippen molar-refractivity contribution in [1.29, 1.82) is 0 Å². The second-order valence-corrected chi connectivity index (χ2v) is 12.9. The minimum atomic E-state index is 0.468. The number of furan rings is 1. The van der Waals surface area contributed by atoms with Gasteiger partial charge in [0.1, 0.15) is 17.2 Å². The lowest BCUT2D eigenvalue weighted by atomic mass is 9.84. The minimum Gasteiger partial charge on any atom is -0.461 e. The van der Waals surface area contributed by atoms with E-state index < -0.39 is 0 Å². The maximum Gasteiger partial charge on any atom is 0.134 e. The summed E-state index contributed by atoms with van der Waals surface area (Å²) < 4.78 is 6.16. The van der Waals surface area contributed by atoms with Crippen LogP contribution in [0.15, 0.2) is 191 Å². The summed E-state index contributed by atoms with van der Waals surface area (Å²) in [6, 6.07) is 61.7. The van der Waals surface area contributed by atoms with Gasteiger partial charge in [-0.3, -0.25) is 0 Å². The first kappa shape index (κ1) is 30.4. The van der Waals surface area contributed by atoms with Crippen molar-refractivity contribution < 1.29 is 4.42 Å². The van der Waals surface area contributed by atoms with Crippen molar-refractivity contribution in [3.8, 4) is 22.3 Å². The van der Waals surface area contributed by atoms with Crippen LogP contribution in [0.5, 0.6) is 0 Å². The van der Waals surface area contributed by atoms with Crippen LogP contribution >= 0.6 is 0 Å². The molecule has 0 saturated carbocycles. The Morgan fingerprint density at radius 3 is 1.86 bits per heavy atom. The number of amidine groups is 1. The Bertz CT molecular complexity index is 2720. The molecule has 0 unspecified atom stereocenters. The lowest BCUT2D eigenvalue weighted by molar-refractivity contribution is 0.565. The van der Waals surface area contributed by atoms with E-state index in [0.29, 0.717) is 12.3 Å². The molecule has 0 spiro atoms. The zero-order chi connectivity index (χ0) is 34.1. The summed E-state index contributed by atoms with van der Waals surface area (Å²) >= 11 is 0. The van der Waals surface area contributed by atoms with Gasteiger partial charge in [-0.2, -0.15) is 0 Å². The van der Waals surface area contributed by atoms with E-state index >= 15 is 0 Å². The van der Waals surface area contributed by atoms with Crippen LogP contribution in [0.4, 0.5) is 0 Å². The van der Waals surface area contributed by atoms with E-state index in [-0.39, 0.29) is 0 Å². The van der Waals surface area contributed by atoms with E-state index in [0.717, 1.165) is 39.1 Å². The van der Waals surface area contributed by atoms with Gasteiger partial charge in [0.05, 0.1) is 5.70 Å². The molecule has 1 aromatic heterocycles. The standard InChI is InChI=1S/C48H34N2O/c49-48(36-16-5-2-6-17-36)50-43(30-28-38-31-37-18-8-12-22-44(37)51-38)33-23-25-35(26-24-33)46-41-21-11-10-20-40(41)45(34-14-3-1-4-15-34)42-29-27-32-13-7-9-19-39(32)47(42)46/h1-27,29-31H,28H2,(H2,49,50)/b43-30-. The number of para-hydroxylation sites is 1. The summed E-state index contributed by atoms with van der Waals surface area (Å²) in [6.45, 7) is 0. The number of hydrogen-bond donors (Lipinski definition) is 1. The Balaban J connectivity index is 1.22. The van der Waals surface area contributed by atoms with Crippen molar-refractivity contribution in [3.05, 3.63) is 199 Å². The van der Waals surface area contributed by atoms with Crippen molar-refractivity contribution in [2.24, 2.45) is 10.7 Å². The molecule has 51 heavy (non-hydrogen) atoms. The van der Waals surface area contributed by atoms with Crippen LogP contribution in [0.1, 0.15) is 16.9 Å². The van der Waals surface area contributed by atoms with Gasteiger partial charge in [-0.05, 0) is 72.3 Å². The third kappa shape index (κ3) is 5.65. The fourth-order valence-electron chi connectivity index (χ4n) is 7.34. The number of aliphatic imine (C=N–C) groups is 1. The Labute approximate surface area is 296 Å². The van der Waals surface area contributed by atoms with Gasteiger partial charge in [0.25, 0.3) is 0 Å². The van der Waals surface area contributed by atoms with Crippen LogP contribution in [-0.4, -0.2) is 5.84 Å². The summed E-state index contributed by atoms with van der Waals surface area (Å²) in [6.07, 6.45) is 2.69. The minimum absolute atomic E-state index is 0.468. The number of benzene rings is 8. The maximum atomic E-state index is 6.61. The average Bonchev–Trinajstić information content (AvgIpc) is 3.62. The molecule has 3 heteroatoms. The maximum absolute atomic E-state index is 6.61. The molecule has 0 saturated heterocycles. The first-order chi connectivity index (χ1) is 25.2. The first-order valence-electron chi connectivity index (χ1n) is 17.3. The van der Waals surface area contributed by atoms with Crippen molar-refractivity contribution >= 4 is 54.8 Å². The number of rotatable bonds is 7. The Kier molecular flexibility index (Phi) is 7.71. The molecule has 9 aromatic rings. The molecule has 242 valence electrons. The molecule has 3 nitrogen and oxygen atoms in total. The number of nitrogens with zero attached hydrogens (tertiary/aromatic N) is 1. The predicted molar refractivity (Wildman–Crippen MR) is 215 cm³/mol. The van der Waals surface area contributed by atoms with Crippen molar-refractivity contribution in [2.45, 2.75) is 6.42 Å². The van der Waals surface area contributed by atoms with E-state index in [1.165, 1.54) is 49.0 Å². The molecule has 0 amide bonds. The molecule has 8 aromatic carbocycles. The molecular weight excluding hydrogens is 621 g/mol. The van der Waals surface area contributed by atoms with E-state index in [2.05, 4.69) is 133 Å². The van der Waals surface area contributed by atoms with Crippen LogP contribution in [0.25, 0.3) is 71.2 Å². The molecule has 0 fully saturated rings. The molecule has 9 rings (SSSR count). The highest BCUT2D eigenvalue weighted by molar-refractivity contribution is 6.27. The fraction of sp³-hybridized carbons (Fsp3) is 0.0208. The van der Waals surface area contributed by atoms with E-state index in [1.807, 2.05) is 48.5 Å². The van der Waals surface area contributed by atoms with Crippen molar-refractivity contribution in [1.82, 2.24) is 0 Å². The number of allylic oxidation sites excluding steroid dienone is 1. The lowest BCUT2D eigenvalue weighted by Crippen LogP contribution is -2.13. The Morgan fingerprint density at radius 2 is 1.12 bits per heavy atom. The number of nitrogens with two attached hydrogens (primary N) is 1. The fourth-order valence-corrected chi connectivity index (χ4v) is 7.34. The third-order valence-electron chi connectivity index (χ3n) is 9.73. The summed E-state index contributed by atoms with van der Waals surface area (Å²) in [4.78, 5) is 4.99. The van der Waals surface area contributed by atoms with Crippen LogP contribution in [0.2, 0.25) is 0 Å². The highest BCUT2D eigenvalue weighted by Gasteiger charge is 2.19. The van der Waals surface area contributed by atoms with Gasteiger partial charge in [-0.1, -0.05) is 170 Å². The molecule has 2 N–H and O–H groups in total. The molecule has 0 bridgehead atoms. The average molecular weight is 655 g/mol. The Morgan fingerprint density at radius 1 is 0.510 bits per heavy atom. The molecular formula is C48H34N2O. The highest BCUT2D eigenvalue weighted by atomic mass is 16.3.